The first kappa shape index (κ1) is 23.4. The summed E-state index contributed by atoms with van der Waals surface area (Å²) in [4.78, 5) is 8.26. The lowest BCUT2D eigenvalue weighted by atomic mass is 9.95. The van der Waals surface area contributed by atoms with Gasteiger partial charge in [0.25, 0.3) is 6.02 Å². The number of nitrogens with one attached hydrogen (secondary N) is 1. The van der Waals surface area contributed by atoms with Crippen LogP contribution in [0.3, 0.4) is 0 Å². The minimum Gasteiger partial charge on any atom is -0.457 e. The second-order valence-corrected chi connectivity index (χ2v) is 10.3. The van der Waals surface area contributed by atoms with E-state index in [9.17, 15) is 12.8 Å². The highest BCUT2D eigenvalue weighted by Gasteiger charge is 2.48. The highest BCUT2D eigenvalue weighted by molar-refractivity contribution is 7.90. The number of halogens is 1. The van der Waals surface area contributed by atoms with Crippen LogP contribution in [0.25, 0.3) is 11.1 Å². The molecule has 2 atom stereocenters. The van der Waals surface area contributed by atoms with E-state index in [1.54, 1.807) is 81.6 Å². The van der Waals surface area contributed by atoms with Gasteiger partial charge in [-0.3, -0.25) is 0 Å². The number of pyridine rings is 1. The molecule has 0 aliphatic carbocycles. The fraction of sp³-hybridized carbons (Fsp3) is 0.240. The molecule has 1 fully saturated rings. The van der Waals surface area contributed by atoms with Gasteiger partial charge >= 0.3 is 0 Å². The van der Waals surface area contributed by atoms with Gasteiger partial charge < -0.3 is 4.74 Å². The summed E-state index contributed by atoms with van der Waals surface area (Å²) in [5.41, 5.74) is 1.65. The van der Waals surface area contributed by atoms with Gasteiger partial charge in [0.1, 0.15) is 28.4 Å². The van der Waals surface area contributed by atoms with Crippen LogP contribution >= 0.6 is 0 Å². The van der Waals surface area contributed by atoms with Gasteiger partial charge in [-0.25, -0.2) is 27.5 Å². The minimum atomic E-state index is -3.91. The van der Waals surface area contributed by atoms with Gasteiger partial charge in [0.2, 0.25) is 10.0 Å². The predicted octanol–water partition coefficient (Wildman–Crippen LogP) is 4.65. The maximum atomic E-state index is 14.1. The van der Waals surface area contributed by atoms with Crippen molar-refractivity contribution >= 4 is 16.0 Å². The van der Waals surface area contributed by atoms with Crippen LogP contribution in [0.2, 0.25) is 0 Å². The second-order valence-electron chi connectivity index (χ2n) is 8.53. The number of hydrogen-bond donors (Lipinski definition) is 1. The van der Waals surface area contributed by atoms with E-state index in [4.69, 9.17) is 10.00 Å². The summed E-state index contributed by atoms with van der Waals surface area (Å²) in [6.45, 7) is 5.02. The summed E-state index contributed by atoms with van der Waals surface area (Å²) in [5.74, 6) is -0.425. The van der Waals surface area contributed by atoms with Crippen molar-refractivity contribution in [2.75, 3.05) is 0 Å². The number of benzene rings is 2. The molecular weight excluding hydrogens is 455 g/mol. The molecule has 174 valence electrons. The van der Waals surface area contributed by atoms with Gasteiger partial charge in [0.05, 0.1) is 6.04 Å². The van der Waals surface area contributed by atoms with Crippen molar-refractivity contribution in [1.82, 2.24) is 9.71 Å². The lowest BCUT2D eigenvalue weighted by Crippen LogP contribution is -2.53. The molecule has 1 N–H and O–H groups in total. The molecule has 1 aromatic heterocycles. The summed E-state index contributed by atoms with van der Waals surface area (Å²) in [5, 5.41) is 8.05. The van der Waals surface area contributed by atoms with Crippen molar-refractivity contribution in [3.05, 3.63) is 89.5 Å². The van der Waals surface area contributed by atoms with E-state index in [-0.39, 0.29) is 6.02 Å². The molecule has 2 aromatic carbocycles. The van der Waals surface area contributed by atoms with Crippen LogP contribution in [0.1, 0.15) is 48.9 Å². The van der Waals surface area contributed by atoms with Gasteiger partial charge in [0, 0.05) is 11.8 Å². The molecule has 3 aromatic rings. The van der Waals surface area contributed by atoms with Gasteiger partial charge in [-0.05, 0) is 55.7 Å². The van der Waals surface area contributed by atoms with E-state index in [1.807, 2.05) is 6.07 Å². The zero-order chi connectivity index (χ0) is 24.5. The second kappa shape index (κ2) is 8.88. The molecule has 34 heavy (non-hydrogen) atoms. The Morgan fingerprint density at radius 2 is 1.85 bits per heavy atom. The molecule has 1 unspecified atom stereocenters. The Morgan fingerprint density at radius 3 is 2.50 bits per heavy atom. The van der Waals surface area contributed by atoms with Gasteiger partial charge in [-0.2, -0.15) is 5.26 Å². The normalized spacial score (nSPS) is 20.6. The third-order valence-electron chi connectivity index (χ3n) is 5.62. The summed E-state index contributed by atoms with van der Waals surface area (Å²) < 4.78 is 49.0. The van der Waals surface area contributed by atoms with E-state index < -0.39 is 32.7 Å². The van der Waals surface area contributed by atoms with Crippen molar-refractivity contribution < 1.29 is 17.5 Å². The fourth-order valence-corrected chi connectivity index (χ4v) is 5.86. The van der Waals surface area contributed by atoms with E-state index >= 15 is 0 Å². The molecule has 9 heteroatoms. The molecular formula is C25H23FN4O3S. The summed E-state index contributed by atoms with van der Waals surface area (Å²) in [6, 6.07) is 17.9. The molecule has 0 radical (unpaired) electrons. The van der Waals surface area contributed by atoms with Crippen molar-refractivity contribution in [2.24, 2.45) is 4.99 Å². The maximum Gasteiger partial charge on any atom is 0.299 e. The van der Waals surface area contributed by atoms with Crippen LogP contribution in [0.15, 0.2) is 71.9 Å². The fourth-order valence-electron chi connectivity index (χ4n) is 4.09. The minimum absolute atomic E-state index is 0.172. The van der Waals surface area contributed by atoms with E-state index in [0.29, 0.717) is 16.8 Å². The number of rotatable bonds is 4. The number of sulfonamides is 1. The molecule has 1 aliphatic heterocycles. The molecule has 0 spiro atoms. The third-order valence-corrected chi connectivity index (χ3v) is 7.54. The number of nitrogens with zero attached hydrogens (tertiary/aromatic N) is 3. The van der Waals surface area contributed by atoms with Crippen LogP contribution in [-0.4, -0.2) is 25.0 Å². The highest BCUT2D eigenvalue weighted by atomic mass is 32.2. The summed E-state index contributed by atoms with van der Waals surface area (Å²) >= 11 is 0. The van der Waals surface area contributed by atoms with Crippen LogP contribution in [0.4, 0.5) is 4.39 Å². The highest BCUT2D eigenvalue weighted by Crippen LogP contribution is 2.39. The lowest BCUT2D eigenvalue weighted by Gasteiger charge is -2.39. The van der Waals surface area contributed by atoms with Crippen LogP contribution in [-0.2, 0) is 14.8 Å². The number of amidine groups is 1. The SMILES string of the molecule is C[C@H](N=C1NS(=O)(=O)C(c2ccc(-c3ccnc(C#N)c3)cc2)C(C)(C)O1)c1ccccc1F. The molecule has 2 heterocycles. The van der Waals surface area contributed by atoms with Crippen molar-refractivity contribution in [3.8, 4) is 17.2 Å². The zero-order valence-electron chi connectivity index (χ0n) is 18.9. The van der Waals surface area contributed by atoms with Gasteiger partial charge in [-0.1, -0.05) is 42.5 Å². The van der Waals surface area contributed by atoms with Gasteiger partial charge in [0.15, 0.2) is 0 Å². The summed E-state index contributed by atoms with van der Waals surface area (Å²) in [7, 11) is -3.91. The molecule has 4 rings (SSSR count). The molecule has 1 aliphatic rings. The Kier molecular flexibility index (Phi) is 6.11. The quantitative estimate of drug-likeness (QED) is 0.588. The Bertz CT molecular complexity index is 1400. The molecule has 0 amide bonds. The number of hydrogen-bond acceptors (Lipinski definition) is 6. The average Bonchev–Trinajstić information content (AvgIpc) is 2.78. The smallest absolute Gasteiger partial charge is 0.299 e. The van der Waals surface area contributed by atoms with E-state index in [1.165, 1.54) is 6.07 Å². The number of aromatic nitrogens is 1. The third kappa shape index (κ3) is 4.63. The number of aliphatic imine (C=N–C) groups is 1. The molecule has 0 bridgehead atoms. The van der Waals surface area contributed by atoms with E-state index in [2.05, 4.69) is 14.7 Å². The molecule has 1 saturated heterocycles. The van der Waals surface area contributed by atoms with Crippen LogP contribution in [0, 0.1) is 17.1 Å². The first-order valence-electron chi connectivity index (χ1n) is 10.6. The Labute approximate surface area is 198 Å². The van der Waals surface area contributed by atoms with Crippen LogP contribution < -0.4 is 4.72 Å². The Balaban J connectivity index is 1.62. The van der Waals surface area contributed by atoms with Crippen LogP contribution in [0.5, 0.6) is 0 Å². The monoisotopic (exact) mass is 478 g/mol. The zero-order valence-corrected chi connectivity index (χ0v) is 19.7. The number of ether oxygens (including phenoxy) is 1. The molecule has 0 saturated carbocycles. The Morgan fingerprint density at radius 1 is 1.15 bits per heavy atom. The maximum absolute atomic E-state index is 14.1. The summed E-state index contributed by atoms with van der Waals surface area (Å²) in [6.07, 6.45) is 1.55. The first-order valence-corrected chi connectivity index (χ1v) is 12.1. The predicted molar refractivity (Wildman–Crippen MR) is 127 cm³/mol. The molecule has 7 nitrogen and oxygen atoms in total. The lowest BCUT2D eigenvalue weighted by molar-refractivity contribution is 0.0761. The van der Waals surface area contributed by atoms with E-state index in [0.717, 1.165) is 11.1 Å². The Hall–Kier alpha value is -3.77. The number of nitriles is 1. The van der Waals surface area contributed by atoms with Crippen molar-refractivity contribution in [2.45, 2.75) is 37.7 Å². The van der Waals surface area contributed by atoms with Crippen molar-refractivity contribution in [1.29, 1.82) is 5.26 Å². The first-order chi connectivity index (χ1) is 16.1. The van der Waals surface area contributed by atoms with Crippen molar-refractivity contribution in [3.63, 3.8) is 0 Å². The topological polar surface area (TPSA) is 104 Å². The van der Waals surface area contributed by atoms with Gasteiger partial charge in [-0.15, -0.1) is 0 Å². The largest absolute Gasteiger partial charge is 0.457 e. The standard InChI is InChI=1S/C25H23FN4O3S/c1-16(21-6-4-5-7-22(21)26)29-24-30-34(31,32)23(25(2,3)33-24)18-10-8-17(9-11-18)19-12-13-28-20(14-19)15-27/h4-14,16,23H,1-3H3,(H,29,30)/t16-,23?/m0/s1. The average molecular weight is 479 g/mol.